The maximum Gasteiger partial charge on any atom is 0.222 e. The van der Waals surface area contributed by atoms with E-state index in [4.69, 9.17) is 0 Å². The van der Waals surface area contributed by atoms with Crippen LogP contribution in [0.5, 0.6) is 0 Å². The number of hydrogen-bond acceptors (Lipinski definition) is 3. The lowest BCUT2D eigenvalue weighted by atomic mass is 10.0. The van der Waals surface area contributed by atoms with Crippen molar-refractivity contribution in [1.82, 2.24) is 14.9 Å². The first-order valence-corrected chi connectivity index (χ1v) is 7.44. The Morgan fingerprint density at radius 1 is 1.45 bits per heavy atom. The van der Waals surface area contributed by atoms with Gasteiger partial charge in [-0.2, -0.15) is 0 Å². The average molecular weight is 281 g/mol. The molecule has 0 aliphatic heterocycles. The SMILES string of the molecule is CCCC(CC(=O)NC(CO)CC(C)C)n1ccnc1. The van der Waals surface area contributed by atoms with Gasteiger partial charge in [0.05, 0.1) is 19.0 Å². The quantitative estimate of drug-likeness (QED) is 0.728. The molecule has 0 saturated heterocycles. The second-order valence-corrected chi connectivity index (χ2v) is 5.73. The molecule has 0 radical (unpaired) electrons. The fourth-order valence-corrected chi connectivity index (χ4v) is 2.42. The molecule has 0 bridgehead atoms. The second kappa shape index (κ2) is 8.74. The van der Waals surface area contributed by atoms with E-state index in [1.807, 2.05) is 10.8 Å². The highest BCUT2D eigenvalue weighted by atomic mass is 16.3. The Labute approximate surface area is 121 Å². The molecular weight excluding hydrogens is 254 g/mol. The average Bonchev–Trinajstić information content (AvgIpc) is 2.90. The van der Waals surface area contributed by atoms with Crippen molar-refractivity contribution in [1.29, 1.82) is 0 Å². The zero-order valence-electron chi connectivity index (χ0n) is 12.7. The fourth-order valence-electron chi connectivity index (χ4n) is 2.42. The smallest absolute Gasteiger partial charge is 0.222 e. The Morgan fingerprint density at radius 2 is 2.20 bits per heavy atom. The number of aliphatic hydroxyl groups is 1. The fraction of sp³-hybridized carbons (Fsp3) is 0.733. The molecule has 2 unspecified atom stereocenters. The van der Waals surface area contributed by atoms with Crippen LogP contribution in [0.1, 0.15) is 52.5 Å². The number of aromatic nitrogens is 2. The van der Waals surface area contributed by atoms with Gasteiger partial charge in [-0.05, 0) is 18.8 Å². The summed E-state index contributed by atoms with van der Waals surface area (Å²) in [7, 11) is 0. The van der Waals surface area contributed by atoms with Gasteiger partial charge in [0, 0.05) is 24.9 Å². The number of aliphatic hydroxyl groups excluding tert-OH is 1. The van der Waals surface area contributed by atoms with Crippen molar-refractivity contribution < 1.29 is 9.90 Å². The van der Waals surface area contributed by atoms with Gasteiger partial charge in [-0.1, -0.05) is 27.2 Å². The van der Waals surface area contributed by atoms with Gasteiger partial charge in [-0.3, -0.25) is 4.79 Å². The molecule has 0 aromatic carbocycles. The molecule has 114 valence electrons. The standard InChI is InChI=1S/C15H27N3O2/c1-4-5-14(18-7-6-16-11-18)9-15(20)17-13(10-19)8-12(2)3/h6-7,11-14,19H,4-5,8-10H2,1-3H3,(H,17,20). The second-order valence-electron chi connectivity index (χ2n) is 5.73. The maximum absolute atomic E-state index is 12.1. The van der Waals surface area contributed by atoms with E-state index in [-0.39, 0.29) is 24.6 Å². The third kappa shape index (κ3) is 5.74. The molecule has 2 atom stereocenters. The zero-order valence-corrected chi connectivity index (χ0v) is 12.7. The van der Waals surface area contributed by atoms with E-state index in [0.717, 1.165) is 19.3 Å². The number of amides is 1. The van der Waals surface area contributed by atoms with Crippen LogP contribution in [0.3, 0.4) is 0 Å². The summed E-state index contributed by atoms with van der Waals surface area (Å²) >= 11 is 0. The van der Waals surface area contributed by atoms with Gasteiger partial charge in [0.15, 0.2) is 0 Å². The molecule has 0 aliphatic carbocycles. The van der Waals surface area contributed by atoms with Crippen molar-refractivity contribution in [3.8, 4) is 0 Å². The Bertz CT molecular complexity index is 376. The number of carbonyl (C=O) groups excluding carboxylic acids is 1. The lowest BCUT2D eigenvalue weighted by Gasteiger charge is -2.21. The molecule has 1 rings (SSSR count). The van der Waals surface area contributed by atoms with Crippen LogP contribution in [0, 0.1) is 5.92 Å². The first-order chi connectivity index (χ1) is 9.56. The highest BCUT2D eigenvalue weighted by molar-refractivity contribution is 5.76. The first-order valence-electron chi connectivity index (χ1n) is 7.44. The van der Waals surface area contributed by atoms with E-state index in [0.29, 0.717) is 12.3 Å². The molecule has 1 aromatic rings. The highest BCUT2D eigenvalue weighted by Gasteiger charge is 2.18. The van der Waals surface area contributed by atoms with Gasteiger partial charge in [0.25, 0.3) is 0 Å². The van der Waals surface area contributed by atoms with E-state index >= 15 is 0 Å². The third-order valence-corrected chi connectivity index (χ3v) is 3.33. The number of imidazole rings is 1. The van der Waals surface area contributed by atoms with E-state index < -0.39 is 0 Å². The molecule has 1 aromatic heterocycles. The predicted octanol–water partition coefficient (Wildman–Crippen LogP) is 2.14. The molecular formula is C15H27N3O2. The van der Waals surface area contributed by atoms with Crippen LogP contribution in [-0.4, -0.2) is 33.2 Å². The van der Waals surface area contributed by atoms with Gasteiger partial charge in [0.1, 0.15) is 0 Å². The summed E-state index contributed by atoms with van der Waals surface area (Å²) in [4.78, 5) is 16.2. The van der Waals surface area contributed by atoms with E-state index in [2.05, 4.69) is 31.1 Å². The van der Waals surface area contributed by atoms with E-state index in [1.54, 1.807) is 12.5 Å². The Balaban J connectivity index is 2.53. The zero-order chi connectivity index (χ0) is 15.0. The number of nitrogens with zero attached hydrogens (tertiary/aromatic N) is 2. The number of carbonyl (C=O) groups is 1. The van der Waals surface area contributed by atoms with Crippen LogP contribution in [0.25, 0.3) is 0 Å². The minimum absolute atomic E-state index is 0.00292. The minimum atomic E-state index is -0.146. The molecule has 5 nitrogen and oxygen atoms in total. The monoisotopic (exact) mass is 281 g/mol. The molecule has 0 saturated carbocycles. The molecule has 0 aliphatic rings. The molecule has 2 N–H and O–H groups in total. The van der Waals surface area contributed by atoms with Gasteiger partial charge in [0.2, 0.25) is 5.91 Å². The first kappa shape index (κ1) is 16.7. The Hall–Kier alpha value is -1.36. The van der Waals surface area contributed by atoms with Gasteiger partial charge < -0.3 is 15.0 Å². The third-order valence-electron chi connectivity index (χ3n) is 3.33. The minimum Gasteiger partial charge on any atom is -0.394 e. The summed E-state index contributed by atoms with van der Waals surface area (Å²) in [6.07, 6.45) is 8.57. The van der Waals surface area contributed by atoms with Crippen LogP contribution in [0.15, 0.2) is 18.7 Å². The number of rotatable bonds is 9. The molecule has 0 spiro atoms. The van der Waals surface area contributed by atoms with Crippen molar-refractivity contribution in [3.63, 3.8) is 0 Å². The van der Waals surface area contributed by atoms with Crippen LogP contribution < -0.4 is 5.32 Å². The molecule has 1 amide bonds. The van der Waals surface area contributed by atoms with Crippen LogP contribution >= 0.6 is 0 Å². The molecule has 5 heteroatoms. The predicted molar refractivity (Wildman–Crippen MR) is 79.3 cm³/mol. The normalized spacial score (nSPS) is 14.2. The lowest BCUT2D eigenvalue weighted by molar-refractivity contribution is -0.123. The summed E-state index contributed by atoms with van der Waals surface area (Å²) in [5.41, 5.74) is 0. The topological polar surface area (TPSA) is 67.2 Å². The van der Waals surface area contributed by atoms with Crippen molar-refractivity contribution in [2.24, 2.45) is 5.92 Å². The van der Waals surface area contributed by atoms with E-state index in [1.165, 1.54) is 0 Å². The van der Waals surface area contributed by atoms with Gasteiger partial charge in [-0.25, -0.2) is 4.98 Å². The number of nitrogens with one attached hydrogen (secondary N) is 1. The van der Waals surface area contributed by atoms with Crippen LogP contribution in [0.2, 0.25) is 0 Å². The molecule has 20 heavy (non-hydrogen) atoms. The summed E-state index contributed by atoms with van der Waals surface area (Å²) in [5, 5.41) is 12.2. The Kier molecular flexibility index (Phi) is 7.30. The van der Waals surface area contributed by atoms with E-state index in [9.17, 15) is 9.90 Å². The summed E-state index contributed by atoms with van der Waals surface area (Å²) in [5.74, 6) is 0.449. The van der Waals surface area contributed by atoms with Gasteiger partial charge >= 0.3 is 0 Å². The summed E-state index contributed by atoms with van der Waals surface area (Å²) in [6, 6.07) is -0.00606. The van der Waals surface area contributed by atoms with Gasteiger partial charge in [-0.15, -0.1) is 0 Å². The van der Waals surface area contributed by atoms with Crippen LogP contribution in [-0.2, 0) is 4.79 Å². The van der Waals surface area contributed by atoms with Crippen molar-refractivity contribution in [3.05, 3.63) is 18.7 Å². The molecule has 1 heterocycles. The lowest BCUT2D eigenvalue weighted by Crippen LogP contribution is -2.39. The van der Waals surface area contributed by atoms with Crippen molar-refractivity contribution >= 4 is 5.91 Å². The number of hydrogen-bond donors (Lipinski definition) is 2. The maximum atomic E-state index is 12.1. The molecule has 0 fully saturated rings. The van der Waals surface area contributed by atoms with Crippen molar-refractivity contribution in [2.45, 2.75) is 58.5 Å². The van der Waals surface area contributed by atoms with Crippen LogP contribution in [0.4, 0.5) is 0 Å². The Morgan fingerprint density at radius 3 is 2.70 bits per heavy atom. The highest BCUT2D eigenvalue weighted by Crippen LogP contribution is 2.18. The summed E-state index contributed by atoms with van der Waals surface area (Å²) in [6.45, 7) is 6.27. The summed E-state index contributed by atoms with van der Waals surface area (Å²) < 4.78 is 1.99. The largest absolute Gasteiger partial charge is 0.394 e. The van der Waals surface area contributed by atoms with Crippen molar-refractivity contribution in [2.75, 3.05) is 6.61 Å².